The second-order valence-electron chi connectivity index (χ2n) is 7.63. The Morgan fingerprint density at radius 2 is 1.96 bits per heavy atom. The highest BCUT2D eigenvalue weighted by molar-refractivity contribution is 5.52. The van der Waals surface area contributed by atoms with Crippen molar-refractivity contribution < 1.29 is 0 Å². The summed E-state index contributed by atoms with van der Waals surface area (Å²) in [5, 5.41) is 3.32. The zero-order chi connectivity index (χ0) is 17.9. The molecule has 0 amide bonds. The first-order valence-corrected chi connectivity index (χ1v) is 9.83. The Bertz CT molecular complexity index is 695. The van der Waals surface area contributed by atoms with Crippen LogP contribution < -0.4 is 5.32 Å². The normalized spacial score (nSPS) is 19.0. The summed E-state index contributed by atoms with van der Waals surface area (Å²) in [6.07, 6.45) is 7.38. The Labute approximate surface area is 153 Å². The summed E-state index contributed by atoms with van der Waals surface area (Å²) in [5.74, 6) is 6.87. The number of allylic oxidation sites excluding steroid dienone is 1. The highest BCUT2D eigenvalue weighted by Crippen LogP contribution is 2.49. The number of likely N-dealkylation sites (N-methyl/N-ethyl adjacent to an activating group) is 1. The van der Waals surface area contributed by atoms with Crippen molar-refractivity contribution in [2.75, 3.05) is 26.7 Å². The Kier molecular flexibility index (Phi) is 5.54. The van der Waals surface area contributed by atoms with Crippen molar-refractivity contribution in [3.8, 4) is 11.8 Å². The van der Waals surface area contributed by atoms with Gasteiger partial charge in [-0.25, -0.2) is 0 Å². The maximum absolute atomic E-state index is 4.31. The molecule has 2 heteroatoms. The molecule has 2 nitrogen and oxygen atoms in total. The van der Waals surface area contributed by atoms with E-state index >= 15 is 0 Å². The summed E-state index contributed by atoms with van der Waals surface area (Å²) in [6.45, 7) is 12.1. The molecule has 2 aliphatic rings. The topological polar surface area (TPSA) is 15.3 Å². The molecule has 2 fully saturated rings. The lowest BCUT2D eigenvalue weighted by Gasteiger charge is -2.45. The molecule has 0 spiro atoms. The molecule has 25 heavy (non-hydrogen) atoms. The van der Waals surface area contributed by atoms with E-state index in [1.54, 1.807) is 0 Å². The van der Waals surface area contributed by atoms with E-state index in [2.05, 4.69) is 54.6 Å². The smallest absolute Gasteiger partial charge is 0.0605 e. The number of hydrogen-bond donors (Lipinski definition) is 1. The van der Waals surface area contributed by atoms with Crippen molar-refractivity contribution in [1.82, 2.24) is 10.2 Å². The Morgan fingerprint density at radius 1 is 1.24 bits per heavy atom. The van der Waals surface area contributed by atoms with E-state index < -0.39 is 0 Å². The maximum Gasteiger partial charge on any atom is 0.0605 e. The fourth-order valence-corrected chi connectivity index (χ4v) is 4.37. The quantitative estimate of drug-likeness (QED) is 0.812. The van der Waals surface area contributed by atoms with E-state index in [0.717, 1.165) is 18.7 Å². The molecule has 0 aromatic heterocycles. The van der Waals surface area contributed by atoms with Gasteiger partial charge in [0.05, 0.1) is 6.54 Å². The molecule has 134 valence electrons. The van der Waals surface area contributed by atoms with Gasteiger partial charge in [0.2, 0.25) is 0 Å². The number of hydrogen-bond acceptors (Lipinski definition) is 2. The molecule has 0 bridgehead atoms. The van der Waals surface area contributed by atoms with Crippen molar-refractivity contribution in [1.29, 1.82) is 0 Å². The van der Waals surface area contributed by atoms with Gasteiger partial charge >= 0.3 is 0 Å². The van der Waals surface area contributed by atoms with E-state index in [1.807, 2.05) is 7.05 Å². The highest BCUT2D eigenvalue weighted by atomic mass is 15.1. The van der Waals surface area contributed by atoms with Crippen molar-refractivity contribution in [3.05, 3.63) is 46.7 Å². The molecule has 1 saturated carbocycles. The SMILES string of the molecule is C=C(NC)C1(c2cc(CC)c(C#CCN3CCCC3)cc2C)CCC1. The van der Waals surface area contributed by atoms with Crippen LogP contribution in [0.25, 0.3) is 0 Å². The second kappa shape index (κ2) is 7.67. The minimum absolute atomic E-state index is 0.129. The lowest BCUT2D eigenvalue weighted by Crippen LogP contribution is -2.41. The number of aryl methyl sites for hydroxylation is 2. The van der Waals surface area contributed by atoms with Gasteiger partial charge in [0.1, 0.15) is 0 Å². The zero-order valence-electron chi connectivity index (χ0n) is 16.2. The van der Waals surface area contributed by atoms with E-state index in [-0.39, 0.29) is 5.41 Å². The molecular formula is C23H32N2. The fraction of sp³-hybridized carbons (Fsp3) is 0.565. The lowest BCUT2D eigenvalue weighted by atomic mass is 9.61. The first kappa shape index (κ1) is 18.1. The van der Waals surface area contributed by atoms with Gasteiger partial charge in [-0.3, -0.25) is 4.90 Å². The molecule has 0 atom stereocenters. The van der Waals surface area contributed by atoms with Crippen LogP contribution in [0.1, 0.15) is 61.3 Å². The summed E-state index contributed by atoms with van der Waals surface area (Å²) < 4.78 is 0. The van der Waals surface area contributed by atoms with Crippen LogP contribution in [0.3, 0.4) is 0 Å². The third-order valence-corrected chi connectivity index (χ3v) is 6.16. The third kappa shape index (κ3) is 3.48. The molecule has 3 rings (SSSR count). The summed E-state index contributed by atoms with van der Waals surface area (Å²) in [4.78, 5) is 2.46. The second-order valence-corrected chi connectivity index (χ2v) is 7.63. The van der Waals surface area contributed by atoms with Crippen LogP contribution in [-0.2, 0) is 11.8 Å². The van der Waals surface area contributed by atoms with Crippen LogP contribution in [0, 0.1) is 18.8 Å². The molecule has 1 aliphatic carbocycles. The number of nitrogens with one attached hydrogen (secondary N) is 1. The minimum Gasteiger partial charge on any atom is -0.391 e. The highest BCUT2D eigenvalue weighted by Gasteiger charge is 2.42. The van der Waals surface area contributed by atoms with Crippen molar-refractivity contribution >= 4 is 0 Å². The predicted octanol–water partition coefficient (Wildman–Crippen LogP) is 4.16. The average molecular weight is 337 g/mol. The summed E-state index contributed by atoms with van der Waals surface area (Å²) in [5.41, 5.74) is 6.71. The lowest BCUT2D eigenvalue weighted by molar-refractivity contribution is 0.282. The van der Waals surface area contributed by atoms with Gasteiger partial charge < -0.3 is 5.32 Å². The fourth-order valence-electron chi connectivity index (χ4n) is 4.37. The monoisotopic (exact) mass is 336 g/mol. The van der Waals surface area contributed by atoms with Gasteiger partial charge in [0.15, 0.2) is 0 Å². The summed E-state index contributed by atoms with van der Waals surface area (Å²) >= 11 is 0. The van der Waals surface area contributed by atoms with Gasteiger partial charge in [0.25, 0.3) is 0 Å². The number of nitrogens with zero attached hydrogens (tertiary/aromatic N) is 1. The zero-order valence-corrected chi connectivity index (χ0v) is 16.2. The van der Waals surface area contributed by atoms with Crippen molar-refractivity contribution in [2.24, 2.45) is 0 Å². The molecule has 0 unspecified atom stereocenters. The first-order chi connectivity index (χ1) is 12.1. The molecule has 1 saturated heterocycles. The van der Waals surface area contributed by atoms with Crippen LogP contribution >= 0.6 is 0 Å². The summed E-state index contributed by atoms with van der Waals surface area (Å²) in [6, 6.07) is 4.73. The first-order valence-electron chi connectivity index (χ1n) is 9.83. The van der Waals surface area contributed by atoms with Crippen molar-refractivity contribution in [3.63, 3.8) is 0 Å². The Morgan fingerprint density at radius 3 is 2.52 bits per heavy atom. The van der Waals surface area contributed by atoms with Gasteiger partial charge in [-0.15, -0.1) is 0 Å². The van der Waals surface area contributed by atoms with Crippen molar-refractivity contribution in [2.45, 2.75) is 57.8 Å². The predicted molar refractivity (Wildman–Crippen MR) is 107 cm³/mol. The standard InChI is InChI=1S/C23H32N2/c1-5-20-17-22(23(11-9-12-23)19(3)24-4)18(2)16-21(20)10-8-15-25-13-6-7-14-25/h16-17,24H,3,5-7,9,11-15H2,1-2,4H3. The summed E-state index contributed by atoms with van der Waals surface area (Å²) in [7, 11) is 2.00. The van der Waals surface area contributed by atoms with E-state index in [9.17, 15) is 0 Å². The number of rotatable bonds is 5. The average Bonchev–Trinajstić information content (AvgIpc) is 3.08. The molecule has 1 aromatic rings. The van der Waals surface area contributed by atoms with Crippen LogP contribution in [0.15, 0.2) is 24.4 Å². The molecule has 0 radical (unpaired) electrons. The van der Waals surface area contributed by atoms with Crippen LogP contribution in [0.5, 0.6) is 0 Å². The largest absolute Gasteiger partial charge is 0.391 e. The minimum atomic E-state index is 0.129. The molecule has 1 heterocycles. The third-order valence-electron chi connectivity index (χ3n) is 6.16. The van der Waals surface area contributed by atoms with Gasteiger partial charge in [0, 0.05) is 23.7 Å². The van der Waals surface area contributed by atoms with E-state index in [1.165, 1.54) is 67.4 Å². The van der Waals surface area contributed by atoms with Crippen LogP contribution in [0.4, 0.5) is 0 Å². The molecular weight excluding hydrogens is 304 g/mol. The van der Waals surface area contributed by atoms with E-state index in [0.29, 0.717) is 0 Å². The van der Waals surface area contributed by atoms with Gasteiger partial charge in [-0.1, -0.05) is 37.8 Å². The maximum atomic E-state index is 4.31. The van der Waals surface area contributed by atoms with Crippen LogP contribution in [-0.4, -0.2) is 31.6 Å². The Balaban J connectivity index is 1.88. The van der Waals surface area contributed by atoms with Gasteiger partial charge in [-0.05, 0) is 74.9 Å². The Hall–Kier alpha value is -1.72. The van der Waals surface area contributed by atoms with Crippen LogP contribution in [0.2, 0.25) is 0 Å². The number of likely N-dealkylation sites (tertiary alicyclic amines) is 1. The molecule has 1 aromatic carbocycles. The molecule has 1 N–H and O–H groups in total. The number of benzene rings is 1. The van der Waals surface area contributed by atoms with E-state index in [4.69, 9.17) is 0 Å². The molecule has 1 aliphatic heterocycles. The van der Waals surface area contributed by atoms with Gasteiger partial charge in [-0.2, -0.15) is 0 Å².